The van der Waals surface area contributed by atoms with E-state index in [2.05, 4.69) is 15.6 Å². The summed E-state index contributed by atoms with van der Waals surface area (Å²) < 4.78 is 84.2. The lowest BCUT2D eigenvalue weighted by Gasteiger charge is -2.26. The summed E-state index contributed by atoms with van der Waals surface area (Å²) in [6.45, 7) is 1.83. The van der Waals surface area contributed by atoms with Gasteiger partial charge in [0, 0.05) is 35.8 Å². The zero-order valence-electron chi connectivity index (χ0n) is 23.0. The second-order valence-corrected chi connectivity index (χ2v) is 10.7. The number of nitrogens with one attached hydrogen (secondary N) is 2. The van der Waals surface area contributed by atoms with E-state index in [1.807, 2.05) is 13.0 Å². The average molecular weight is 613 g/mol. The molecule has 0 radical (unpaired) electrons. The zero-order chi connectivity index (χ0) is 31.5. The van der Waals surface area contributed by atoms with Crippen LogP contribution >= 0.6 is 0 Å². The number of benzene rings is 2. The normalized spacial score (nSPS) is 18.4. The van der Waals surface area contributed by atoms with Crippen molar-refractivity contribution in [3.8, 4) is 5.75 Å². The van der Waals surface area contributed by atoms with E-state index in [1.165, 1.54) is 0 Å². The molecule has 0 bridgehead atoms. The highest BCUT2D eigenvalue weighted by Crippen LogP contribution is 2.37. The van der Waals surface area contributed by atoms with Crippen molar-refractivity contribution in [1.82, 2.24) is 5.32 Å². The Hall–Kier alpha value is -4.10. The fraction of sp³-hybridized carbons (Fsp3) is 0.448. The summed E-state index contributed by atoms with van der Waals surface area (Å²) in [7, 11) is 0. The van der Waals surface area contributed by atoms with Crippen molar-refractivity contribution in [2.75, 3.05) is 5.32 Å². The van der Waals surface area contributed by atoms with E-state index in [0.29, 0.717) is 16.9 Å². The van der Waals surface area contributed by atoms with Gasteiger partial charge in [-0.2, -0.15) is 26.3 Å². The molecule has 43 heavy (non-hydrogen) atoms. The molecule has 3 amide bonds. The second-order valence-electron chi connectivity index (χ2n) is 10.7. The lowest BCUT2D eigenvalue weighted by Crippen LogP contribution is -2.48. The first kappa shape index (κ1) is 31.8. The summed E-state index contributed by atoms with van der Waals surface area (Å²) >= 11 is 0. The summed E-state index contributed by atoms with van der Waals surface area (Å²) in [4.78, 5) is 43.4. The number of nitrogens with two attached hydrogens (primary N) is 1. The number of rotatable bonds is 11. The van der Waals surface area contributed by atoms with E-state index in [1.54, 1.807) is 36.4 Å². The molecule has 232 valence electrons. The number of ether oxygens (including phenoxy) is 1. The van der Waals surface area contributed by atoms with Gasteiger partial charge in [-0.3, -0.25) is 14.4 Å². The average Bonchev–Trinajstić information content (AvgIpc) is 3.72. The lowest BCUT2D eigenvalue weighted by atomic mass is 9.83. The van der Waals surface area contributed by atoms with E-state index < -0.39 is 73.8 Å². The Morgan fingerprint density at radius 3 is 2.23 bits per heavy atom. The van der Waals surface area contributed by atoms with Crippen LogP contribution < -0.4 is 21.1 Å². The van der Waals surface area contributed by atoms with Crippen LogP contribution in [0, 0.1) is 18.8 Å². The molecule has 1 aliphatic carbocycles. The Morgan fingerprint density at radius 1 is 1.02 bits per heavy atom. The highest BCUT2D eigenvalue weighted by Gasteiger charge is 2.41. The van der Waals surface area contributed by atoms with Gasteiger partial charge in [0.1, 0.15) is 5.75 Å². The van der Waals surface area contributed by atoms with Crippen LogP contribution in [0.25, 0.3) is 0 Å². The molecule has 0 spiro atoms. The first-order valence-corrected chi connectivity index (χ1v) is 13.6. The smallest absolute Gasteiger partial charge is 0.389 e. The zero-order valence-corrected chi connectivity index (χ0v) is 23.0. The number of fused-ring (bicyclic) bond motifs is 1. The third-order valence-corrected chi connectivity index (χ3v) is 7.09. The molecule has 4 rings (SSSR count). The number of carbonyl (C=O) groups is 3. The van der Waals surface area contributed by atoms with Crippen molar-refractivity contribution < 1.29 is 45.5 Å². The number of halogens is 6. The van der Waals surface area contributed by atoms with E-state index >= 15 is 0 Å². The summed E-state index contributed by atoms with van der Waals surface area (Å²) in [6, 6.07) is 12.1. The van der Waals surface area contributed by atoms with Gasteiger partial charge in [0.2, 0.25) is 18.0 Å². The first-order chi connectivity index (χ1) is 20.1. The van der Waals surface area contributed by atoms with Crippen LogP contribution in [0.3, 0.4) is 0 Å². The quantitative estimate of drug-likeness (QED) is 0.303. The van der Waals surface area contributed by atoms with Crippen LogP contribution in [0.4, 0.5) is 32.0 Å². The van der Waals surface area contributed by atoms with Crippen LogP contribution in [0.15, 0.2) is 47.5 Å². The number of aryl methyl sites for hydroxylation is 1. The number of aliphatic imine (C=N–C) groups is 1. The minimum absolute atomic E-state index is 0.0432. The topological polar surface area (TPSA) is 123 Å². The predicted octanol–water partition coefficient (Wildman–Crippen LogP) is 5.17. The molecule has 2 unspecified atom stereocenters. The van der Waals surface area contributed by atoms with Crippen molar-refractivity contribution >= 4 is 29.1 Å². The molecule has 4 N–H and O–H groups in total. The van der Waals surface area contributed by atoms with Crippen LogP contribution in [0.2, 0.25) is 0 Å². The van der Waals surface area contributed by atoms with Gasteiger partial charge in [0.15, 0.2) is 0 Å². The third-order valence-electron chi connectivity index (χ3n) is 7.09. The standard InChI is InChI=1S/C29H30F6N4O4/c1-15-4-2-5-16(14-15)22-20-6-3-7-21(43-17-8-9-17)23(20)38-27(42)25(37-22)39-26(41)19(11-13-29(33,34)35)18(24(36)40)10-12-28(30,31)32/h2-7,14,17-19,25H,8-13H2,1H3,(H2,36,40)(H,38,42)(H,39,41)/t18?,19?,25-/m1/s1. The first-order valence-electron chi connectivity index (χ1n) is 13.6. The molecule has 2 aromatic carbocycles. The monoisotopic (exact) mass is 612 g/mol. The van der Waals surface area contributed by atoms with E-state index in [4.69, 9.17) is 10.5 Å². The minimum Gasteiger partial charge on any atom is -0.488 e. The Labute approximate surface area is 243 Å². The molecule has 1 saturated carbocycles. The predicted molar refractivity (Wildman–Crippen MR) is 144 cm³/mol. The summed E-state index contributed by atoms with van der Waals surface area (Å²) in [5.74, 6) is -6.94. The maximum Gasteiger partial charge on any atom is 0.389 e. The largest absolute Gasteiger partial charge is 0.488 e. The fourth-order valence-electron chi connectivity index (χ4n) is 4.83. The number of benzodiazepines with no additional fused rings is 1. The Bertz CT molecular complexity index is 1400. The van der Waals surface area contributed by atoms with Crippen molar-refractivity contribution in [3.63, 3.8) is 0 Å². The Balaban J connectivity index is 1.71. The van der Waals surface area contributed by atoms with Gasteiger partial charge in [-0.05, 0) is 44.7 Å². The van der Waals surface area contributed by atoms with Crippen LogP contribution in [0.1, 0.15) is 55.2 Å². The molecule has 14 heteroatoms. The number of alkyl halides is 6. The highest BCUT2D eigenvalue weighted by molar-refractivity contribution is 6.20. The number of nitrogens with zero attached hydrogens (tertiary/aromatic N) is 1. The number of hydrogen-bond acceptors (Lipinski definition) is 5. The molecule has 2 aliphatic rings. The number of anilines is 1. The van der Waals surface area contributed by atoms with Crippen molar-refractivity contribution in [2.24, 2.45) is 22.6 Å². The van der Waals surface area contributed by atoms with Crippen molar-refractivity contribution in [3.05, 3.63) is 59.2 Å². The third kappa shape index (κ3) is 8.71. The molecule has 1 fully saturated rings. The fourth-order valence-corrected chi connectivity index (χ4v) is 4.83. The van der Waals surface area contributed by atoms with Crippen LogP contribution in [-0.2, 0) is 14.4 Å². The SMILES string of the molecule is Cc1cccc(C2=N[C@H](NC(=O)C(CCC(F)(F)F)C(CCC(F)(F)F)C(N)=O)C(=O)Nc3c(OC4CC4)cccc32)c1. The number of amides is 3. The van der Waals surface area contributed by atoms with Crippen LogP contribution in [0.5, 0.6) is 5.75 Å². The van der Waals surface area contributed by atoms with Gasteiger partial charge in [-0.15, -0.1) is 0 Å². The lowest BCUT2D eigenvalue weighted by molar-refractivity contribution is -0.152. The summed E-state index contributed by atoms with van der Waals surface area (Å²) in [5, 5.41) is 4.94. The van der Waals surface area contributed by atoms with Gasteiger partial charge in [0.25, 0.3) is 5.91 Å². The van der Waals surface area contributed by atoms with Crippen molar-refractivity contribution in [2.45, 2.75) is 70.1 Å². The molecule has 1 heterocycles. The second kappa shape index (κ2) is 12.6. The molecular weight excluding hydrogens is 582 g/mol. The number of carbonyl (C=O) groups excluding carboxylic acids is 3. The minimum atomic E-state index is -4.78. The van der Waals surface area contributed by atoms with E-state index in [-0.39, 0.29) is 17.5 Å². The maximum atomic E-state index is 13.4. The van der Waals surface area contributed by atoms with Gasteiger partial charge in [0.05, 0.1) is 17.5 Å². The molecular formula is C29H30F6N4O4. The molecule has 1 aliphatic heterocycles. The molecule has 2 aromatic rings. The van der Waals surface area contributed by atoms with Crippen LogP contribution in [-0.4, -0.2) is 48.1 Å². The molecule has 0 saturated heterocycles. The highest BCUT2D eigenvalue weighted by atomic mass is 19.4. The van der Waals surface area contributed by atoms with Gasteiger partial charge in [-0.25, -0.2) is 4.99 Å². The Kier molecular flexibility index (Phi) is 9.35. The maximum absolute atomic E-state index is 13.4. The number of para-hydroxylation sites is 1. The van der Waals surface area contributed by atoms with Gasteiger partial charge >= 0.3 is 12.4 Å². The number of hydrogen-bond donors (Lipinski definition) is 3. The molecule has 3 atom stereocenters. The van der Waals surface area contributed by atoms with E-state index in [9.17, 15) is 40.7 Å². The summed E-state index contributed by atoms with van der Waals surface area (Å²) in [5.41, 5.74) is 7.63. The van der Waals surface area contributed by atoms with Gasteiger partial charge in [-0.1, -0.05) is 35.9 Å². The number of primary amides is 1. The van der Waals surface area contributed by atoms with Crippen molar-refractivity contribution in [1.29, 1.82) is 0 Å². The molecule has 0 aromatic heterocycles. The van der Waals surface area contributed by atoms with E-state index in [0.717, 1.165) is 18.4 Å². The Morgan fingerprint density at radius 2 is 1.65 bits per heavy atom. The molecule has 8 nitrogen and oxygen atoms in total. The van der Waals surface area contributed by atoms with Gasteiger partial charge < -0.3 is 21.1 Å². The summed E-state index contributed by atoms with van der Waals surface area (Å²) in [6.07, 6.45) is -14.8.